The number of hydrogen-bond donors (Lipinski definition) is 2. The lowest BCUT2D eigenvalue weighted by Gasteiger charge is -2.14. The van der Waals surface area contributed by atoms with Gasteiger partial charge in [0.05, 0.1) is 11.4 Å². The van der Waals surface area contributed by atoms with Crippen LogP contribution in [-0.4, -0.2) is 32.2 Å². The van der Waals surface area contributed by atoms with E-state index in [2.05, 4.69) is 15.3 Å². The van der Waals surface area contributed by atoms with Crippen LogP contribution in [0.5, 0.6) is 5.75 Å². The normalized spacial score (nSPS) is 10.6. The van der Waals surface area contributed by atoms with Crippen LogP contribution >= 0.6 is 11.6 Å². The quantitative estimate of drug-likeness (QED) is 0.632. The van der Waals surface area contributed by atoms with E-state index in [0.29, 0.717) is 17.0 Å². The molecule has 0 aliphatic heterocycles. The van der Waals surface area contributed by atoms with Crippen LogP contribution in [0.2, 0.25) is 5.02 Å². The second-order valence-corrected chi connectivity index (χ2v) is 6.53. The SMILES string of the molecule is Cc1cc(-n2ccnc(Nc3ccc(Cl)cc3F)c2=O)nc(C)c1OCC(=O)O. The average molecular weight is 419 g/mol. The van der Waals surface area contributed by atoms with Gasteiger partial charge >= 0.3 is 5.97 Å². The van der Waals surface area contributed by atoms with Gasteiger partial charge in [-0.25, -0.2) is 19.2 Å². The van der Waals surface area contributed by atoms with Crippen molar-refractivity contribution in [2.45, 2.75) is 13.8 Å². The lowest BCUT2D eigenvalue weighted by molar-refractivity contribution is -0.139. The molecule has 0 aliphatic rings. The van der Waals surface area contributed by atoms with E-state index in [0.717, 1.165) is 6.07 Å². The van der Waals surface area contributed by atoms with Crippen molar-refractivity contribution in [3.05, 3.63) is 69.1 Å². The number of hydrogen-bond acceptors (Lipinski definition) is 6. The maximum absolute atomic E-state index is 14.0. The second kappa shape index (κ2) is 8.27. The fourth-order valence-electron chi connectivity index (χ4n) is 2.67. The number of rotatable bonds is 6. The van der Waals surface area contributed by atoms with Crippen LogP contribution in [0.15, 0.2) is 41.5 Å². The predicted octanol–water partition coefficient (Wildman–Crippen LogP) is 3.24. The molecule has 0 spiro atoms. The molecule has 10 heteroatoms. The Kier molecular flexibility index (Phi) is 5.79. The summed E-state index contributed by atoms with van der Waals surface area (Å²) in [6.45, 7) is 2.85. The van der Waals surface area contributed by atoms with Crippen molar-refractivity contribution in [1.82, 2.24) is 14.5 Å². The first-order valence-electron chi connectivity index (χ1n) is 8.39. The summed E-state index contributed by atoms with van der Waals surface area (Å²) in [4.78, 5) is 31.8. The summed E-state index contributed by atoms with van der Waals surface area (Å²) in [7, 11) is 0. The Balaban J connectivity index is 1.97. The molecule has 0 amide bonds. The van der Waals surface area contributed by atoms with Gasteiger partial charge in [-0.05, 0) is 43.7 Å². The van der Waals surface area contributed by atoms with Crippen LogP contribution < -0.4 is 15.6 Å². The van der Waals surface area contributed by atoms with Gasteiger partial charge in [-0.2, -0.15) is 0 Å². The molecule has 0 saturated heterocycles. The summed E-state index contributed by atoms with van der Waals surface area (Å²) < 4.78 is 20.5. The van der Waals surface area contributed by atoms with Gasteiger partial charge in [-0.3, -0.25) is 9.36 Å². The Morgan fingerprint density at radius 1 is 1.34 bits per heavy atom. The summed E-state index contributed by atoms with van der Waals surface area (Å²) in [6.07, 6.45) is 2.80. The van der Waals surface area contributed by atoms with Gasteiger partial charge in [0.15, 0.2) is 12.4 Å². The highest BCUT2D eigenvalue weighted by molar-refractivity contribution is 6.30. The van der Waals surface area contributed by atoms with Crippen molar-refractivity contribution in [3.63, 3.8) is 0 Å². The van der Waals surface area contributed by atoms with Crippen LogP contribution in [0, 0.1) is 19.7 Å². The molecule has 1 aromatic carbocycles. The van der Waals surface area contributed by atoms with E-state index in [4.69, 9.17) is 21.4 Å². The maximum Gasteiger partial charge on any atom is 0.341 e. The molecule has 2 N–H and O–H groups in total. The zero-order chi connectivity index (χ0) is 21.1. The Labute approximate surface area is 169 Å². The van der Waals surface area contributed by atoms with Gasteiger partial charge in [-0.1, -0.05) is 11.6 Å². The molecular weight excluding hydrogens is 403 g/mol. The number of nitrogens with one attached hydrogen (secondary N) is 1. The minimum absolute atomic E-state index is 0.0505. The molecule has 8 nitrogen and oxygen atoms in total. The fraction of sp³-hybridized carbons (Fsp3) is 0.158. The summed E-state index contributed by atoms with van der Waals surface area (Å²) in [5.74, 6) is -1.21. The van der Waals surface area contributed by atoms with Crippen molar-refractivity contribution in [2.24, 2.45) is 0 Å². The minimum atomic E-state index is -1.11. The molecule has 150 valence electrons. The molecule has 29 heavy (non-hydrogen) atoms. The molecule has 0 radical (unpaired) electrons. The van der Waals surface area contributed by atoms with E-state index >= 15 is 0 Å². The number of carboxylic acids is 1. The second-order valence-electron chi connectivity index (χ2n) is 6.09. The van der Waals surface area contributed by atoms with E-state index in [1.165, 1.54) is 29.1 Å². The monoisotopic (exact) mass is 418 g/mol. The van der Waals surface area contributed by atoms with Crippen LogP contribution in [-0.2, 0) is 4.79 Å². The third-order valence-corrected chi connectivity index (χ3v) is 4.16. The van der Waals surface area contributed by atoms with Crippen molar-refractivity contribution in [1.29, 1.82) is 0 Å². The number of ether oxygens (including phenoxy) is 1. The maximum atomic E-state index is 14.0. The number of halogens is 2. The lowest BCUT2D eigenvalue weighted by Crippen LogP contribution is -2.23. The summed E-state index contributed by atoms with van der Waals surface area (Å²) >= 11 is 5.74. The van der Waals surface area contributed by atoms with Gasteiger partial charge in [0.25, 0.3) is 5.56 Å². The predicted molar refractivity (Wildman–Crippen MR) is 105 cm³/mol. The first-order chi connectivity index (χ1) is 13.8. The van der Waals surface area contributed by atoms with Crippen molar-refractivity contribution in [3.8, 4) is 11.6 Å². The zero-order valence-electron chi connectivity index (χ0n) is 15.4. The number of benzene rings is 1. The molecule has 3 rings (SSSR count). The Morgan fingerprint density at radius 2 is 2.10 bits per heavy atom. The number of aryl methyl sites for hydroxylation is 2. The Hall–Kier alpha value is -3.46. The number of carbonyl (C=O) groups is 1. The Bertz CT molecular complexity index is 1130. The van der Waals surface area contributed by atoms with Gasteiger partial charge in [0, 0.05) is 17.4 Å². The third-order valence-electron chi connectivity index (χ3n) is 3.93. The van der Waals surface area contributed by atoms with Crippen LogP contribution in [0.4, 0.5) is 15.9 Å². The number of aliphatic carboxylic acids is 1. The highest BCUT2D eigenvalue weighted by Gasteiger charge is 2.14. The van der Waals surface area contributed by atoms with Crippen LogP contribution in [0.3, 0.4) is 0 Å². The molecule has 0 fully saturated rings. The van der Waals surface area contributed by atoms with E-state index in [9.17, 15) is 14.0 Å². The first-order valence-corrected chi connectivity index (χ1v) is 8.77. The van der Waals surface area contributed by atoms with E-state index in [-0.39, 0.29) is 22.3 Å². The van der Waals surface area contributed by atoms with Gasteiger partial charge in [0.2, 0.25) is 0 Å². The zero-order valence-corrected chi connectivity index (χ0v) is 16.2. The number of anilines is 2. The van der Waals surface area contributed by atoms with Crippen LogP contribution in [0.25, 0.3) is 5.82 Å². The number of aromatic nitrogens is 3. The fourth-order valence-corrected chi connectivity index (χ4v) is 2.83. The van der Waals surface area contributed by atoms with E-state index < -0.39 is 24.0 Å². The molecule has 0 atom stereocenters. The average Bonchev–Trinajstić information content (AvgIpc) is 2.64. The summed E-state index contributed by atoms with van der Waals surface area (Å²) in [5, 5.41) is 11.7. The Morgan fingerprint density at radius 3 is 2.76 bits per heavy atom. The smallest absolute Gasteiger partial charge is 0.341 e. The van der Waals surface area contributed by atoms with Gasteiger partial charge in [0.1, 0.15) is 17.4 Å². The summed E-state index contributed by atoms with van der Waals surface area (Å²) in [5.41, 5.74) is 0.528. The lowest BCUT2D eigenvalue weighted by atomic mass is 10.2. The van der Waals surface area contributed by atoms with Crippen molar-refractivity contribution >= 4 is 29.1 Å². The van der Waals surface area contributed by atoms with Crippen molar-refractivity contribution in [2.75, 3.05) is 11.9 Å². The molecular formula is C19H16ClFN4O4. The largest absolute Gasteiger partial charge is 0.480 e. The van der Waals surface area contributed by atoms with Gasteiger partial charge < -0.3 is 15.2 Å². The highest BCUT2D eigenvalue weighted by atomic mass is 35.5. The number of nitrogens with zero attached hydrogens (tertiary/aromatic N) is 3. The third kappa shape index (κ3) is 4.52. The molecule has 2 aromatic heterocycles. The molecule has 0 bridgehead atoms. The topological polar surface area (TPSA) is 106 Å². The first kappa shape index (κ1) is 20.3. The summed E-state index contributed by atoms with van der Waals surface area (Å²) in [6, 6.07) is 5.59. The number of pyridine rings is 1. The molecule has 0 aliphatic carbocycles. The van der Waals surface area contributed by atoms with Gasteiger partial charge in [-0.15, -0.1) is 0 Å². The van der Waals surface area contributed by atoms with E-state index in [1.807, 2.05) is 0 Å². The number of carboxylic acid groups (broad SMARTS) is 1. The highest BCUT2D eigenvalue weighted by Crippen LogP contribution is 2.24. The minimum Gasteiger partial charge on any atom is -0.480 e. The standard InChI is InChI=1S/C19H16ClFN4O4/c1-10-7-15(23-11(2)17(10)29-9-16(26)27)25-6-5-22-18(19(25)28)24-14-4-3-12(20)8-13(14)21/h3-8H,9H2,1-2H3,(H,22,24)(H,26,27). The molecule has 2 heterocycles. The molecule has 0 unspecified atom stereocenters. The molecule has 3 aromatic rings. The molecule has 0 saturated carbocycles. The van der Waals surface area contributed by atoms with Crippen molar-refractivity contribution < 1.29 is 19.0 Å². The van der Waals surface area contributed by atoms with E-state index in [1.54, 1.807) is 19.9 Å². The van der Waals surface area contributed by atoms with Crippen LogP contribution in [0.1, 0.15) is 11.3 Å².